The topological polar surface area (TPSA) is 120 Å². The maximum Gasteiger partial charge on any atom is 0.254 e. The number of nitrogens with zero attached hydrogens (tertiary/aromatic N) is 8. The largest absolute Gasteiger partial charge is 0.494 e. The number of benzene rings is 1. The van der Waals surface area contributed by atoms with Gasteiger partial charge in [-0.1, -0.05) is 13.3 Å². The molecule has 1 aromatic carbocycles. The minimum Gasteiger partial charge on any atom is -0.494 e. The van der Waals surface area contributed by atoms with Gasteiger partial charge in [-0.2, -0.15) is 0 Å². The Hall–Kier alpha value is -4.51. The number of imidazole rings is 1. The van der Waals surface area contributed by atoms with Gasteiger partial charge in [-0.05, 0) is 80.8 Å². The molecule has 6 heterocycles. The molecule has 2 aliphatic carbocycles. The lowest BCUT2D eigenvalue weighted by Gasteiger charge is -2.41. The number of hydrogen-bond acceptors (Lipinski definition) is 8. The molecule has 48 heavy (non-hydrogen) atoms. The number of methoxy groups -OCH3 is 1. The van der Waals surface area contributed by atoms with Crippen molar-refractivity contribution in [1.82, 2.24) is 34.0 Å². The van der Waals surface area contributed by atoms with E-state index >= 15 is 0 Å². The van der Waals surface area contributed by atoms with Crippen LogP contribution in [-0.2, 0) is 6.54 Å². The van der Waals surface area contributed by atoms with Crippen molar-refractivity contribution in [2.24, 2.45) is 17.6 Å². The Labute approximate surface area is 280 Å². The number of likely N-dealkylation sites (tertiary alicyclic amines) is 1. The molecule has 2 saturated heterocycles. The molecule has 2 aliphatic heterocycles. The summed E-state index contributed by atoms with van der Waals surface area (Å²) in [4.78, 5) is 37.9. The summed E-state index contributed by atoms with van der Waals surface area (Å²) in [6.45, 7) is 7.34. The first-order valence-corrected chi connectivity index (χ1v) is 17.6. The van der Waals surface area contributed by atoms with E-state index in [9.17, 15) is 4.79 Å². The summed E-state index contributed by atoms with van der Waals surface area (Å²) in [5.41, 5.74) is 10.8. The SMILES string of the molecule is CCC1CN(C(=O)c2cc(OC)c3c(c2)nc(-c2cc4cccnc4n2CC2CC2)n3C2CN(c3ccnc(C4CC4)n3)C2)C(C)[C@@H]1N. The number of fused-ring (bicyclic) bond motifs is 2. The summed E-state index contributed by atoms with van der Waals surface area (Å²) in [5, 5.41) is 1.10. The Kier molecular flexibility index (Phi) is 6.97. The van der Waals surface area contributed by atoms with Gasteiger partial charge >= 0.3 is 0 Å². The third-order valence-electron chi connectivity index (χ3n) is 11.2. The molecule has 5 aromatic rings. The minimum atomic E-state index is -0.0360. The predicted molar refractivity (Wildman–Crippen MR) is 185 cm³/mol. The maximum absolute atomic E-state index is 14.1. The summed E-state index contributed by atoms with van der Waals surface area (Å²) < 4.78 is 10.8. The van der Waals surface area contributed by atoms with Gasteiger partial charge in [-0.3, -0.25) is 4.79 Å². The number of ether oxygens (including phenoxy) is 1. The quantitative estimate of drug-likeness (QED) is 0.226. The van der Waals surface area contributed by atoms with Crippen LogP contribution in [0, 0.1) is 11.8 Å². The van der Waals surface area contributed by atoms with Gasteiger partial charge in [0, 0.05) is 67.5 Å². The number of hydrogen-bond donors (Lipinski definition) is 1. The average Bonchev–Trinajstić information content (AvgIpc) is 4.01. The van der Waals surface area contributed by atoms with E-state index < -0.39 is 0 Å². The second-order valence-corrected chi connectivity index (χ2v) is 14.4. The van der Waals surface area contributed by atoms with Crippen LogP contribution in [0.25, 0.3) is 33.6 Å². The monoisotopic (exact) mass is 645 g/mol. The molecule has 9 rings (SSSR count). The molecule has 0 bridgehead atoms. The van der Waals surface area contributed by atoms with Gasteiger partial charge in [0.1, 0.15) is 28.6 Å². The fourth-order valence-corrected chi connectivity index (χ4v) is 7.89. The van der Waals surface area contributed by atoms with Crippen molar-refractivity contribution in [1.29, 1.82) is 0 Å². The van der Waals surface area contributed by atoms with Crippen LogP contribution >= 0.6 is 0 Å². The van der Waals surface area contributed by atoms with Crippen molar-refractivity contribution in [3.8, 4) is 17.3 Å². The molecule has 4 aromatic heterocycles. The van der Waals surface area contributed by atoms with Crippen LogP contribution < -0.4 is 15.4 Å². The highest BCUT2D eigenvalue weighted by atomic mass is 16.5. The van der Waals surface area contributed by atoms with E-state index in [1.807, 2.05) is 41.6 Å². The standard InChI is InChI=1S/C37H43N9O2/c1-4-23-18-44(21(2)32(23)38)37(47)26-14-28-33(30(16-26)48-3)46(27-19-43(20-27)31-11-13-39-34(42-31)24-9-10-24)36(41-28)29-15-25-6-5-12-40-35(25)45(29)17-22-7-8-22/h5-6,11-16,21-24,27,32H,4,7-10,17-20,38H2,1-3H3/t21?,23?,32-/m0/s1. The molecule has 11 nitrogen and oxygen atoms in total. The van der Waals surface area contributed by atoms with E-state index in [1.165, 1.54) is 25.7 Å². The van der Waals surface area contributed by atoms with Crippen molar-refractivity contribution < 1.29 is 9.53 Å². The van der Waals surface area contributed by atoms with E-state index in [4.69, 9.17) is 25.4 Å². The molecule has 0 spiro atoms. The predicted octanol–water partition coefficient (Wildman–Crippen LogP) is 5.40. The van der Waals surface area contributed by atoms with E-state index in [1.54, 1.807) is 7.11 Å². The first-order chi connectivity index (χ1) is 23.4. The Bertz CT molecular complexity index is 2040. The molecule has 2 unspecified atom stereocenters. The van der Waals surface area contributed by atoms with Crippen LogP contribution in [0.1, 0.15) is 74.1 Å². The first-order valence-electron chi connectivity index (χ1n) is 17.6. The molecular formula is C37H43N9O2. The van der Waals surface area contributed by atoms with E-state index in [0.717, 1.165) is 71.3 Å². The Morgan fingerprint density at radius 1 is 1.02 bits per heavy atom. The summed E-state index contributed by atoms with van der Waals surface area (Å²) in [6.07, 6.45) is 9.53. The average molecular weight is 646 g/mol. The first kappa shape index (κ1) is 29.6. The number of rotatable bonds is 9. The van der Waals surface area contributed by atoms with Gasteiger partial charge in [-0.15, -0.1) is 0 Å². The normalized spacial score (nSPS) is 23.0. The maximum atomic E-state index is 14.1. The van der Waals surface area contributed by atoms with Crippen molar-refractivity contribution in [2.75, 3.05) is 31.6 Å². The molecule has 1 amide bonds. The second-order valence-electron chi connectivity index (χ2n) is 14.4. The minimum absolute atomic E-state index is 0.0257. The fraction of sp³-hybridized carbons (Fsp3) is 0.486. The number of carbonyl (C=O) groups excluding carboxylic acids is 1. The summed E-state index contributed by atoms with van der Waals surface area (Å²) in [7, 11) is 1.68. The zero-order valence-electron chi connectivity index (χ0n) is 27.9. The third-order valence-corrected chi connectivity index (χ3v) is 11.2. The molecule has 4 aliphatic rings. The number of carbonyl (C=O) groups is 1. The summed E-state index contributed by atoms with van der Waals surface area (Å²) in [5.74, 6) is 4.88. The highest BCUT2D eigenvalue weighted by Gasteiger charge is 2.40. The van der Waals surface area contributed by atoms with Crippen LogP contribution in [-0.4, -0.2) is 78.7 Å². The van der Waals surface area contributed by atoms with Crippen LogP contribution in [0.3, 0.4) is 0 Å². The zero-order chi connectivity index (χ0) is 32.7. The number of pyridine rings is 1. The molecule has 2 saturated carbocycles. The van der Waals surface area contributed by atoms with Crippen LogP contribution in [0.2, 0.25) is 0 Å². The van der Waals surface area contributed by atoms with Crippen molar-refractivity contribution in [3.05, 3.63) is 60.2 Å². The molecular weight excluding hydrogens is 602 g/mol. The smallest absolute Gasteiger partial charge is 0.254 e. The van der Waals surface area contributed by atoms with E-state index in [0.29, 0.717) is 35.6 Å². The van der Waals surface area contributed by atoms with Gasteiger partial charge in [0.25, 0.3) is 5.91 Å². The lowest BCUT2D eigenvalue weighted by molar-refractivity contribution is 0.0739. The Morgan fingerprint density at radius 2 is 1.85 bits per heavy atom. The lowest BCUT2D eigenvalue weighted by atomic mass is 9.98. The van der Waals surface area contributed by atoms with E-state index in [2.05, 4.69) is 45.0 Å². The highest BCUT2D eigenvalue weighted by Crippen LogP contribution is 2.43. The van der Waals surface area contributed by atoms with E-state index in [-0.39, 0.29) is 24.0 Å². The Balaban J connectivity index is 1.16. The Morgan fingerprint density at radius 3 is 2.58 bits per heavy atom. The van der Waals surface area contributed by atoms with Crippen LogP contribution in [0.5, 0.6) is 5.75 Å². The summed E-state index contributed by atoms with van der Waals surface area (Å²) >= 11 is 0. The number of aromatic nitrogens is 6. The van der Waals surface area contributed by atoms with Gasteiger partial charge < -0.3 is 29.4 Å². The zero-order valence-corrected chi connectivity index (χ0v) is 27.9. The van der Waals surface area contributed by atoms with Gasteiger partial charge in [0.05, 0.1) is 24.4 Å². The fourth-order valence-electron chi connectivity index (χ4n) is 7.89. The van der Waals surface area contributed by atoms with Crippen LogP contribution in [0.15, 0.2) is 48.8 Å². The molecule has 3 atom stereocenters. The molecule has 248 valence electrons. The number of nitrogens with two attached hydrogens (primary N) is 1. The number of amides is 1. The second kappa shape index (κ2) is 11.3. The third kappa shape index (κ3) is 4.84. The lowest BCUT2D eigenvalue weighted by Crippen LogP contribution is -2.48. The van der Waals surface area contributed by atoms with Gasteiger partial charge in [0.15, 0.2) is 5.82 Å². The molecule has 4 fully saturated rings. The van der Waals surface area contributed by atoms with Gasteiger partial charge in [-0.25, -0.2) is 19.9 Å². The molecule has 0 radical (unpaired) electrons. The highest BCUT2D eigenvalue weighted by molar-refractivity contribution is 6.00. The van der Waals surface area contributed by atoms with Crippen molar-refractivity contribution in [3.63, 3.8) is 0 Å². The summed E-state index contributed by atoms with van der Waals surface area (Å²) in [6, 6.07) is 12.3. The van der Waals surface area contributed by atoms with Crippen molar-refractivity contribution >= 4 is 33.8 Å². The van der Waals surface area contributed by atoms with Crippen molar-refractivity contribution in [2.45, 2.75) is 76.5 Å². The molecule has 2 N–H and O–H groups in total. The van der Waals surface area contributed by atoms with Crippen LogP contribution in [0.4, 0.5) is 5.82 Å². The van der Waals surface area contributed by atoms with Gasteiger partial charge in [0.2, 0.25) is 0 Å². The molecule has 11 heteroatoms. The number of anilines is 1.